The summed E-state index contributed by atoms with van der Waals surface area (Å²) in [6.07, 6.45) is 2.79. The van der Waals surface area contributed by atoms with Crippen LogP contribution in [0.3, 0.4) is 0 Å². The number of halogens is 1. The fourth-order valence-corrected chi connectivity index (χ4v) is 1.43. The second-order valence-corrected chi connectivity index (χ2v) is 3.64. The molecule has 86 valence electrons. The number of hydrogen-bond donors (Lipinski definition) is 2. The second-order valence-electron chi connectivity index (χ2n) is 3.26. The van der Waals surface area contributed by atoms with Gasteiger partial charge in [-0.2, -0.15) is 0 Å². The van der Waals surface area contributed by atoms with Crippen molar-refractivity contribution in [3.05, 3.63) is 47.5 Å². The Labute approximate surface area is 103 Å². The number of anilines is 2. The van der Waals surface area contributed by atoms with Gasteiger partial charge in [-0.1, -0.05) is 17.7 Å². The summed E-state index contributed by atoms with van der Waals surface area (Å²) in [5.74, 6) is -0.361. The number of nitrogens with zero attached hydrogens (tertiary/aromatic N) is 2. The Bertz CT molecular complexity index is 544. The van der Waals surface area contributed by atoms with E-state index in [0.29, 0.717) is 16.4 Å². The molecule has 6 heteroatoms. The van der Waals surface area contributed by atoms with E-state index in [9.17, 15) is 4.79 Å². The first-order chi connectivity index (χ1) is 8.18. The first kappa shape index (κ1) is 11.3. The van der Waals surface area contributed by atoms with Gasteiger partial charge in [0.15, 0.2) is 0 Å². The minimum atomic E-state index is -0.361. The molecule has 0 saturated carbocycles. The molecule has 1 aromatic heterocycles. The zero-order chi connectivity index (χ0) is 12.3. The molecule has 0 spiro atoms. The first-order valence-corrected chi connectivity index (χ1v) is 5.17. The SMILES string of the molecule is Nc1cccc(NC(=O)c2ccncn2)c1Cl. The van der Waals surface area contributed by atoms with Gasteiger partial charge in [-0.05, 0) is 18.2 Å². The van der Waals surface area contributed by atoms with E-state index in [1.54, 1.807) is 18.2 Å². The van der Waals surface area contributed by atoms with Gasteiger partial charge in [-0.3, -0.25) is 4.79 Å². The Morgan fingerprint density at radius 2 is 2.18 bits per heavy atom. The van der Waals surface area contributed by atoms with Gasteiger partial charge in [-0.25, -0.2) is 9.97 Å². The Balaban J connectivity index is 2.22. The molecular formula is C11H9ClN4O. The van der Waals surface area contributed by atoms with E-state index < -0.39 is 0 Å². The largest absolute Gasteiger partial charge is 0.397 e. The molecule has 1 heterocycles. The summed E-state index contributed by atoms with van der Waals surface area (Å²) >= 11 is 5.95. The first-order valence-electron chi connectivity index (χ1n) is 4.80. The number of nitrogens with two attached hydrogens (primary N) is 1. The maximum atomic E-state index is 11.8. The Morgan fingerprint density at radius 3 is 2.88 bits per heavy atom. The molecule has 0 aliphatic heterocycles. The highest BCUT2D eigenvalue weighted by Gasteiger charge is 2.10. The van der Waals surface area contributed by atoms with Crippen LogP contribution in [0.1, 0.15) is 10.5 Å². The number of nitrogen functional groups attached to an aromatic ring is 1. The van der Waals surface area contributed by atoms with Gasteiger partial charge >= 0.3 is 0 Å². The number of carbonyl (C=O) groups excluding carboxylic acids is 1. The van der Waals surface area contributed by atoms with E-state index in [1.165, 1.54) is 18.6 Å². The van der Waals surface area contributed by atoms with Gasteiger partial charge in [0.1, 0.15) is 12.0 Å². The van der Waals surface area contributed by atoms with Crippen LogP contribution < -0.4 is 11.1 Å². The molecule has 2 aromatic rings. The maximum absolute atomic E-state index is 11.8. The third kappa shape index (κ3) is 2.51. The average Bonchev–Trinajstić information content (AvgIpc) is 2.36. The van der Waals surface area contributed by atoms with Gasteiger partial charge in [0.25, 0.3) is 5.91 Å². The molecule has 0 unspecified atom stereocenters. The van der Waals surface area contributed by atoms with Gasteiger partial charge in [0, 0.05) is 6.20 Å². The van der Waals surface area contributed by atoms with Crippen LogP contribution in [0.4, 0.5) is 11.4 Å². The van der Waals surface area contributed by atoms with E-state index in [4.69, 9.17) is 17.3 Å². The summed E-state index contributed by atoms with van der Waals surface area (Å²) in [5, 5.41) is 2.94. The zero-order valence-corrected chi connectivity index (χ0v) is 9.48. The normalized spacial score (nSPS) is 9.94. The smallest absolute Gasteiger partial charge is 0.274 e. The molecule has 5 nitrogen and oxygen atoms in total. The van der Waals surface area contributed by atoms with Crippen molar-refractivity contribution in [3.63, 3.8) is 0 Å². The summed E-state index contributed by atoms with van der Waals surface area (Å²) < 4.78 is 0. The van der Waals surface area contributed by atoms with Crippen LogP contribution in [0, 0.1) is 0 Å². The van der Waals surface area contributed by atoms with Crippen molar-refractivity contribution in [2.75, 3.05) is 11.1 Å². The lowest BCUT2D eigenvalue weighted by atomic mass is 10.2. The molecule has 0 atom stereocenters. The molecule has 1 amide bonds. The summed E-state index contributed by atoms with van der Waals surface area (Å²) in [4.78, 5) is 19.3. The second kappa shape index (κ2) is 4.80. The number of amides is 1. The number of rotatable bonds is 2. The number of hydrogen-bond acceptors (Lipinski definition) is 4. The number of nitrogens with one attached hydrogen (secondary N) is 1. The van der Waals surface area contributed by atoms with Gasteiger partial charge in [-0.15, -0.1) is 0 Å². The highest BCUT2D eigenvalue weighted by Crippen LogP contribution is 2.27. The third-order valence-electron chi connectivity index (χ3n) is 2.09. The Morgan fingerprint density at radius 1 is 1.35 bits per heavy atom. The molecule has 0 radical (unpaired) electrons. The van der Waals surface area contributed by atoms with Crippen molar-refractivity contribution < 1.29 is 4.79 Å². The van der Waals surface area contributed by atoms with Crippen molar-refractivity contribution in [2.45, 2.75) is 0 Å². The lowest BCUT2D eigenvalue weighted by Gasteiger charge is -2.07. The van der Waals surface area contributed by atoms with Crippen molar-refractivity contribution in [1.29, 1.82) is 0 Å². The minimum Gasteiger partial charge on any atom is -0.397 e. The molecule has 0 fully saturated rings. The summed E-state index contributed by atoms with van der Waals surface area (Å²) in [6, 6.07) is 6.53. The molecular weight excluding hydrogens is 240 g/mol. The van der Waals surface area contributed by atoms with Crippen molar-refractivity contribution in [1.82, 2.24) is 9.97 Å². The monoisotopic (exact) mass is 248 g/mol. The van der Waals surface area contributed by atoms with Crippen LogP contribution in [0.15, 0.2) is 36.8 Å². The molecule has 3 N–H and O–H groups in total. The summed E-state index contributed by atoms with van der Waals surface area (Å²) in [7, 11) is 0. The molecule has 17 heavy (non-hydrogen) atoms. The minimum absolute atomic E-state index is 0.262. The van der Waals surface area contributed by atoms with Crippen molar-refractivity contribution in [3.8, 4) is 0 Å². The Kier molecular flexibility index (Phi) is 3.20. The number of aromatic nitrogens is 2. The summed E-state index contributed by atoms with van der Waals surface area (Å²) in [6.45, 7) is 0. The lowest BCUT2D eigenvalue weighted by molar-refractivity contribution is 0.102. The Hall–Kier alpha value is -2.14. The van der Waals surface area contributed by atoms with E-state index in [1.807, 2.05) is 0 Å². The number of benzene rings is 1. The third-order valence-corrected chi connectivity index (χ3v) is 2.51. The highest BCUT2D eigenvalue weighted by molar-refractivity contribution is 6.36. The fraction of sp³-hybridized carbons (Fsp3) is 0. The van der Waals surface area contributed by atoms with Crippen molar-refractivity contribution >= 4 is 28.9 Å². The van der Waals surface area contributed by atoms with Crippen LogP contribution in [0.5, 0.6) is 0 Å². The van der Waals surface area contributed by atoms with E-state index in [2.05, 4.69) is 15.3 Å². The predicted octanol–water partition coefficient (Wildman–Crippen LogP) is 1.96. The summed E-state index contributed by atoms with van der Waals surface area (Å²) in [5.41, 5.74) is 6.75. The van der Waals surface area contributed by atoms with Gasteiger partial charge in [0.05, 0.1) is 16.4 Å². The molecule has 0 saturated heterocycles. The highest BCUT2D eigenvalue weighted by atomic mass is 35.5. The zero-order valence-electron chi connectivity index (χ0n) is 8.72. The van der Waals surface area contributed by atoms with Gasteiger partial charge < -0.3 is 11.1 Å². The van der Waals surface area contributed by atoms with E-state index in [-0.39, 0.29) is 11.6 Å². The van der Waals surface area contributed by atoms with E-state index in [0.717, 1.165) is 0 Å². The standard InChI is InChI=1S/C11H9ClN4O/c12-10-7(13)2-1-3-8(10)16-11(17)9-4-5-14-6-15-9/h1-6H,13H2,(H,16,17). The van der Waals surface area contributed by atoms with Crippen LogP contribution in [0.2, 0.25) is 5.02 Å². The van der Waals surface area contributed by atoms with E-state index >= 15 is 0 Å². The van der Waals surface area contributed by atoms with Crippen LogP contribution in [-0.2, 0) is 0 Å². The topological polar surface area (TPSA) is 80.9 Å². The number of carbonyl (C=O) groups is 1. The van der Waals surface area contributed by atoms with Crippen LogP contribution in [-0.4, -0.2) is 15.9 Å². The lowest BCUT2D eigenvalue weighted by Crippen LogP contribution is -2.14. The molecule has 0 aliphatic rings. The predicted molar refractivity (Wildman–Crippen MR) is 65.8 cm³/mol. The molecule has 2 rings (SSSR count). The molecule has 1 aromatic carbocycles. The average molecular weight is 249 g/mol. The molecule has 0 bridgehead atoms. The maximum Gasteiger partial charge on any atom is 0.274 e. The quantitative estimate of drug-likeness (QED) is 0.796. The molecule has 0 aliphatic carbocycles. The van der Waals surface area contributed by atoms with Crippen molar-refractivity contribution in [2.24, 2.45) is 0 Å². The van der Waals surface area contributed by atoms with Crippen LogP contribution in [0.25, 0.3) is 0 Å². The fourth-order valence-electron chi connectivity index (χ4n) is 1.26. The van der Waals surface area contributed by atoms with Crippen LogP contribution >= 0.6 is 11.6 Å². The van der Waals surface area contributed by atoms with Gasteiger partial charge in [0.2, 0.25) is 0 Å².